The summed E-state index contributed by atoms with van der Waals surface area (Å²) >= 11 is 2.29. The molecule has 0 saturated carbocycles. The van der Waals surface area contributed by atoms with Crippen LogP contribution in [0.4, 0.5) is 0 Å². The number of alkyl halides is 1. The Hall–Kier alpha value is 0.730. The van der Waals surface area contributed by atoms with Crippen LogP contribution < -0.4 is 0 Å². The molecule has 0 aliphatic rings. The summed E-state index contributed by atoms with van der Waals surface area (Å²) in [7, 11) is 0. The van der Waals surface area contributed by atoms with Gasteiger partial charge < -0.3 is 6.92 Å². The molecule has 0 saturated heterocycles. The molecule has 0 spiro atoms. The zero-order valence-electron chi connectivity index (χ0n) is 2.50. The van der Waals surface area contributed by atoms with Crippen molar-refractivity contribution in [1.82, 2.24) is 0 Å². The van der Waals surface area contributed by atoms with Gasteiger partial charge in [-0.3, -0.25) is 0 Å². The van der Waals surface area contributed by atoms with Crippen molar-refractivity contribution in [3.8, 4) is 0 Å². The van der Waals surface area contributed by atoms with Crippen molar-refractivity contribution in [1.29, 1.82) is 0 Å². The lowest BCUT2D eigenvalue weighted by atomic mass is 10.6. The standard InChI is InChI=1S/C3H6I/c1-2-3-4/h1-3H2/q-1. The SMILES string of the molecule is [CH2-]CCI. The molecule has 0 aromatic heterocycles. The molecule has 0 bridgehead atoms. The normalized spacial score (nSPS) is 7.50. The fourth-order valence-electron chi connectivity index (χ4n) is 0. The van der Waals surface area contributed by atoms with Gasteiger partial charge in [-0.2, -0.15) is 6.42 Å². The highest BCUT2D eigenvalue weighted by molar-refractivity contribution is 14.1. The van der Waals surface area contributed by atoms with Crippen molar-refractivity contribution < 1.29 is 0 Å². The van der Waals surface area contributed by atoms with E-state index in [-0.39, 0.29) is 0 Å². The highest BCUT2D eigenvalue weighted by atomic mass is 127. The molecule has 26 valence electrons. The highest BCUT2D eigenvalue weighted by Crippen LogP contribution is 1.81. The Labute approximate surface area is 40.7 Å². The lowest BCUT2D eigenvalue weighted by Crippen LogP contribution is -1.54. The zero-order valence-corrected chi connectivity index (χ0v) is 4.66. The summed E-state index contributed by atoms with van der Waals surface area (Å²) in [4.78, 5) is 0. The number of halogens is 1. The third-order valence-corrected chi connectivity index (χ3v) is 0.896. The first-order chi connectivity index (χ1) is 1.91. The third kappa shape index (κ3) is 2.73. The highest BCUT2D eigenvalue weighted by Gasteiger charge is 1.50. The van der Waals surface area contributed by atoms with Crippen molar-refractivity contribution in [2.45, 2.75) is 6.42 Å². The smallest absolute Gasteiger partial charge is 0.0277 e. The quantitative estimate of drug-likeness (QED) is 0.318. The minimum absolute atomic E-state index is 1.06. The van der Waals surface area contributed by atoms with E-state index in [2.05, 4.69) is 29.5 Å². The molecule has 4 heavy (non-hydrogen) atoms. The molecule has 0 N–H and O–H groups in total. The van der Waals surface area contributed by atoms with Gasteiger partial charge in [0.05, 0.1) is 0 Å². The van der Waals surface area contributed by atoms with Crippen LogP contribution >= 0.6 is 22.6 Å². The molecule has 1 heteroatoms. The molecule has 0 unspecified atom stereocenters. The van der Waals surface area contributed by atoms with E-state index in [0.717, 1.165) is 6.42 Å². The van der Waals surface area contributed by atoms with Crippen LogP contribution in [0.25, 0.3) is 0 Å². The van der Waals surface area contributed by atoms with Crippen LogP contribution in [0.3, 0.4) is 0 Å². The van der Waals surface area contributed by atoms with Crippen LogP contribution in [0.2, 0.25) is 0 Å². The Bertz CT molecular complexity index is 5.25. The maximum absolute atomic E-state index is 3.60. The summed E-state index contributed by atoms with van der Waals surface area (Å²) in [6.45, 7) is 3.60. The molecule has 0 aromatic rings. The first-order valence-corrected chi connectivity index (χ1v) is 2.79. The van der Waals surface area contributed by atoms with Gasteiger partial charge in [-0.15, -0.1) is 0 Å². The maximum atomic E-state index is 3.60. The summed E-state index contributed by atoms with van der Waals surface area (Å²) in [5, 5.41) is 0. The van der Waals surface area contributed by atoms with Crippen molar-refractivity contribution in [2.75, 3.05) is 4.43 Å². The zero-order chi connectivity index (χ0) is 3.41. The molecule has 0 radical (unpaired) electrons. The molecule has 0 rings (SSSR count). The van der Waals surface area contributed by atoms with E-state index >= 15 is 0 Å². The Balaban J connectivity index is 1.97. The predicted octanol–water partition coefficient (Wildman–Crippen LogP) is 1.65. The van der Waals surface area contributed by atoms with E-state index in [4.69, 9.17) is 0 Å². The molecule has 0 nitrogen and oxygen atoms in total. The van der Waals surface area contributed by atoms with E-state index in [9.17, 15) is 0 Å². The van der Waals surface area contributed by atoms with Gasteiger partial charge in [0.1, 0.15) is 0 Å². The van der Waals surface area contributed by atoms with Gasteiger partial charge in [-0.05, 0) is 4.43 Å². The Morgan fingerprint density at radius 1 is 1.75 bits per heavy atom. The van der Waals surface area contributed by atoms with Gasteiger partial charge in [0.2, 0.25) is 0 Å². The van der Waals surface area contributed by atoms with Gasteiger partial charge in [0.15, 0.2) is 0 Å². The average molecular weight is 169 g/mol. The summed E-state index contributed by atoms with van der Waals surface area (Å²) < 4.78 is 1.18. The van der Waals surface area contributed by atoms with Crippen LogP contribution in [-0.4, -0.2) is 4.43 Å². The topological polar surface area (TPSA) is 0 Å². The molecule has 0 aliphatic heterocycles. The van der Waals surface area contributed by atoms with E-state index in [1.807, 2.05) is 0 Å². The summed E-state index contributed by atoms with van der Waals surface area (Å²) in [6.07, 6.45) is 1.06. The largest absolute Gasteiger partial charge is 0.343 e. The Morgan fingerprint density at radius 3 is 2.00 bits per heavy atom. The second kappa shape index (κ2) is 3.73. The first kappa shape index (κ1) is 4.73. The van der Waals surface area contributed by atoms with Gasteiger partial charge in [-0.1, -0.05) is 22.6 Å². The second-order valence-electron chi connectivity index (χ2n) is 0.543. The van der Waals surface area contributed by atoms with Gasteiger partial charge in [-0.25, -0.2) is 0 Å². The molecular formula is C3H6I-. The van der Waals surface area contributed by atoms with Gasteiger partial charge >= 0.3 is 0 Å². The van der Waals surface area contributed by atoms with Crippen molar-refractivity contribution in [3.05, 3.63) is 6.92 Å². The van der Waals surface area contributed by atoms with E-state index in [1.54, 1.807) is 0 Å². The molecular weight excluding hydrogens is 163 g/mol. The van der Waals surface area contributed by atoms with E-state index < -0.39 is 0 Å². The van der Waals surface area contributed by atoms with Gasteiger partial charge in [0.25, 0.3) is 0 Å². The minimum Gasteiger partial charge on any atom is -0.343 e. The summed E-state index contributed by atoms with van der Waals surface area (Å²) in [6, 6.07) is 0. The minimum atomic E-state index is 1.06. The molecule has 0 heterocycles. The van der Waals surface area contributed by atoms with E-state index in [1.165, 1.54) is 4.43 Å². The van der Waals surface area contributed by atoms with Crippen LogP contribution in [0.15, 0.2) is 0 Å². The number of rotatable bonds is 1. The fourth-order valence-corrected chi connectivity index (χ4v) is 0. The number of hydrogen-bond donors (Lipinski definition) is 0. The maximum Gasteiger partial charge on any atom is -0.0277 e. The second-order valence-corrected chi connectivity index (χ2v) is 1.62. The molecule has 0 amide bonds. The van der Waals surface area contributed by atoms with E-state index in [0.29, 0.717) is 0 Å². The van der Waals surface area contributed by atoms with Crippen LogP contribution in [-0.2, 0) is 0 Å². The Kier molecular flexibility index (Phi) is 4.41. The molecule has 0 fully saturated rings. The lowest BCUT2D eigenvalue weighted by molar-refractivity contribution is 1.28. The first-order valence-electron chi connectivity index (χ1n) is 1.27. The number of hydrogen-bond acceptors (Lipinski definition) is 0. The van der Waals surface area contributed by atoms with Crippen molar-refractivity contribution in [3.63, 3.8) is 0 Å². The van der Waals surface area contributed by atoms with Gasteiger partial charge in [0, 0.05) is 0 Å². The van der Waals surface area contributed by atoms with Crippen molar-refractivity contribution in [2.24, 2.45) is 0 Å². The van der Waals surface area contributed by atoms with Crippen LogP contribution in [0, 0.1) is 6.92 Å². The molecule has 0 aliphatic carbocycles. The van der Waals surface area contributed by atoms with Crippen LogP contribution in [0.5, 0.6) is 0 Å². The van der Waals surface area contributed by atoms with Crippen molar-refractivity contribution >= 4 is 22.6 Å². The molecule has 0 atom stereocenters. The summed E-state index contributed by atoms with van der Waals surface area (Å²) in [5.41, 5.74) is 0. The molecule has 0 aromatic carbocycles. The van der Waals surface area contributed by atoms with Crippen LogP contribution in [0.1, 0.15) is 6.42 Å². The fraction of sp³-hybridized carbons (Fsp3) is 0.667. The third-order valence-electron chi connectivity index (χ3n) is 0.134. The monoisotopic (exact) mass is 169 g/mol. The Morgan fingerprint density at radius 2 is 2.00 bits per heavy atom. The lowest BCUT2D eigenvalue weighted by Gasteiger charge is -1.76. The summed E-state index contributed by atoms with van der Waals surface area (Å²) in [5.74, 6) is 0. The average Bonchev–Trinajstić information content (AvgIpc) is 1.37. The predicted molar refractivity (Wildman–Crippen MR) is 28.9 cm³/mol.